The van der Waals surface area contributed by atoms with Gasteiger partial charge in [0.15, 0.2) is 0 Å². The Morgan fingerprint density at radius 1 is 0.632 bits per heavy atom. The van der Waals surface area contributed by atoms with Gasteiger partial charge < -0.3 is 13.3 Å². The molecule has 0 bridgehead atoms. The maximum absolute atomic E-state index is 5.83. The summed E-state index contributed by atoms with van der Waals surface area (Å²) in [4.78, 5) is 0. The third-order valence-corrected chi connectivity index (χ3v) is 6.08. The molecule has 5 heteroatoms. The summed E-state index contributed by atoms with van der Waals surface area (Å²) in [6, 6.07) is 0.967. The van der Waals surface area contributed by atoms with Gasteiger partial charge in [-0.3, -0.25) is 4.70 Å². The van der Waals surface area contributed by atoms with Crippen LogP contribution < -0.4 is 0 Å². The van der Waals surface area contributed by atoms with Gasteiger partial charge in [0.25, 0.3) is 0 Å². The summed E-state index contributed by atoms with van der Waals surface area (Å²) >= 11 is 0. The van der Waals surface area contributed by atoms with Crippen molar-refractivity contribution in [3.05, 3.63) is 0 Å². The Bertz CT molecular complexity index is 165. The Morgan fingerprint density at radius 3 is 1.47 bits per heavy atom. The van der Waals surface area contributed by atoms with Crippen molar-refractivity contribution < 1.29 is 18.0 Å². The van der Waals surface area contributed by atoms with Gasteiger partial charge in [-0.25, -0.2) is 0 Å². The van der Waals surface area contributed by atoms with E-state index >= 15 is 0 Å². The predicted octanol–water partition coefficient (Wildman–Crippen LogP) is 4.55. The highest BCUT2D eigenvalue weighted by molar-refractivity contribution is 6.60. The van der Waals surface area contributed by atoms with Gasteiger partial charge in [-0.15, -0.1) is 0 Å². The molecule has 0 radical (unpaired) electrons. The second-order valence-corrected chi connectivity index (χ2v) is 7.23. The number of hydrogen-bond donors (Lipinski definition) is 0. The van der Waals surface area contributed by atoms with Gasteiger partial charge in [0.1, 0.15) is 0 Å². The number of hydrogen-bond acceptors (Lipinski definition) is 3. The highest BCUT2D eigenvalue weighted by Crippen LogP contribution is 2.20. The van der Waals surface area contributed by atoms with Crippen molar-refractivity contribution in [1.29, 1.82) is 0 Å². The van der Waals surface area contributed by atoms with Crippen LogP contribution >= 0.6 is 0 Å². The van der Waals surface area contributed by atoms with Crippen molar-refractivity contribution in [2.24, 2.45) is 0 Å². The zero-order chi connectivity index (χ0) is 13.7. The minimum absolute atomic E-state index is 0. The van der Waals surface area contributed by atoms with Crippen LogP contribution in [0, 0.1) is 0 Å². The zero-order valence-electron chi connectivity index (χ0n) is 13.2. The van der Waals surface area contributed by atoms with E-state index in [0.29, 0.717) is 19.8 Å². The Labute approximate surface area is 119 Å². The molecule has 19 heavy (non-hydrogen) atoms. The summed E-state index contributed by atoms with van der Waals surface area (Å²) in [7, 11) is -2.36. The van der Waals surface area contributed by atoms with Crippen LogP contribution in [-0.4, -0.2) is 28.6 Å². The van der Waals surface area contributed by atoms with Gasteiger partial charge in [-0.05, 0) is 27.2 Å². The number of unbranched alkanes of at least 4 members (excludes halogenated alkanes) is 5. The van der Waals surface area contributed by atoms with Crippen molar-refractivity contribution in [3.63, 3.8) is 0 Å². The smallest absolute Gasteiger partial charge is 0.374 e. The normalized spacial score (nSPS) is 11.4. The van der Waals surface area contributed by atoms with Crippen molar-refractivity contribution in [2.75, 3.05) is 19.8 Å². The first-order valence-electron chi connectivity index (χ1n) is 7.66. The number of rotatable bonds is 13. The van der Waals surface area contributed by atoms with E-state index in [4.69, 9.17) is 13.3 Å². The van der Waals surface area contributed by atoms with E-state index in [-0.39, 0.29) is 4.70 Å². The lowest BCUT2D eigenvalue weighted by Gasteiger charge is -2.28. The highest BCUT2D eigenvalue weighted by Gasteiger charge is 2.39. The van der Waals surface area contributed by atoms with Crippen LogP contribution in [0.1, 0.15) is 66.2 Å². The average molecular weight is 296 g/mol. The molecule has 0 saturated heterocycles. The van der Waals surface area contributed by atoms with Crippen molar-refractivity contribution in [2.45, 2.75) is 72.3 Å². The minimum atomic E-state index is -2.36. The summed E-state index contributed by atoms with van der Waals surface area (Å²) in [6.07, 6.45) is 7.75. The predicted molar refractivity (Wildman–Crippen MR) is 81.3 cm³/mol. The van der Waals surface area contributed by atoms with Crippen molar-refractivity contribution in [3.8, 4) is 0 Å². The van der Waals surface area contributed by atoms with Gasteiger partial charge in [0.05, 0.1) is 0 Å². The topological polar surface area (TPSA) is 27.7 Å². The SMILES string of the molecule is CCCCCCCC[Si](OCC)(OCC)OCC.F. The van der Waals surface area contributed by atoms with E-state index in [0.717, 1.165) is 12.5 Å². The largest absolute Gasteiger partial charge is 0.500 e. The van der Waals surface area contributed by atoms with Gasteiger partial charge in [-0.2, -0.15) is 0 Å². The first-order valence-corrected chi connectivity index (χ1v) is 9.59. The fraction of sp³-hybridized carbons (Fsp3) is 1.00. The maximum Gasteiger partial charge on any atom is 0.500 e. The molecule has 0 aromatic heterocycles. The second kappa shape index (κ2) is 14.4. The quantitative estimate of drug-likeness (QED) is 0.369. The van der Waals surface area contributed by atoms with Crippen LogP contribution in [0.25, 0.3) is 0 Å². The van der Waals surface area contributed by atoms with E-state index < -0.39 is 8.80 Å². The maximum atomic E-state index is 5.83. The summed E-state index contributed by atoms with van der Waals surface area (Å²) in [5, 5.41) is 0. The summed E-state index contributed by atoms with van der Waals surface area (Å²) < 4.78 is 17.5. The third kappa shape index (κ3) is 10.5. The van der Waals surface area contributed by atoms with Gasteiger partial charge >= 0.3 is 8.80 Å². The van der Waals surface area contributed by atoms with Crippen LogP contribution in [0.3, 0.4) is 0 Å². The van der Waals surface area contributed by atoms with Crippen LogP contribution in [-0.2, 0) is 13.3 Å². The first kappa shape index (κ1) is 21.3. The Kier molecular flexibility index (Phi) is 16.2. The van der Waals surface area contributed by atoms with Gasteiger partial charge in [-0.1, -0.05) is 39.0 Å². The molecule has 118 valence electrons. The van der Waals surface area contributed by atoms with Crippen LogP contribution in [0.4, 0.5) is 4.70 Å². The van der Waals surface area contributed by atoms with Crippen LogP contribution in [0.5, 0.6) is 0 Å². The standard InChI is InChI=1S/C14H32O3Si.FH/c1-5-9-10-11-12-13-14-18(15-6-2,16-7-3)17-8-4;/h5-14H2,1-4H3;1H. The molecular formula is C14H33FO3Si. The second-order valence-electron chi connectivity index (χ2n) is 4.50. The van der Waals surface area contributed by atoms with Gasteiger partial charge in [0.2, 0.25) is 0 Å². The minimum Gasteiger partial charge on any atom is -0.374 e. The van der Waals surface area contributed by atoms with E-state index in [1.54, 1.807) is 0 Å². The molecule has 0 aliphatic heterocycles. The fourth-order valence-corrected chi connectivity index (χ4v) is 4.81. The van der Waals surface area contributed by atoms with Crippen LogP contribution in [0.15, 0.2) is 0 Å². The monoisotopic (exact) mass is 296 g/mol. The lowest BCUT2D eigenvalue weighted by atomic mass is 10.1. The van der Waals surface area contributed by atoms with E-state index in [2.05, 4.69) is 6.92 Å². The number of halogens is 1. The molecule has 0 atom stereocenters. The molecule has 0 unspecified atom stereocenters. The molecule has 0 aliphatic carbocycles. The molecule has 0 N–H and O–H groups in total. The molecule has 0 aromatic rings. The van der Waals surface area contributed by atoms with E-state index in [1.807, 2.05) is 20.8 Å². The van der Waals surface area contributed by atoms with Crippen LogP contribution in [0.2, 0.25) is 6.04 Å². The molecule has 0 rings (SSSR count). The van der Waals surface area contributed by atoms with Crippen molar-refractivity contribution in [1.82, 2.24) is 0 Å². The zero-order valence-corrected chi connectivity index (χ0v) is 14.2. The Balaban J connectivity index is 0. The van der Waals surface area contributed by atoms with Gasteiger partial charge in [0, 0.05) is 25.9 Å². The molecule has 0 spiro atoms. The lowest BCUT2D eigenvalue weighted by molar-refractivity contribution is 0.0706. The summed E-state index contributed by atoms with van der Waals surface area (Å²) in [6.45, 7) is 10.3. The Morgan fingerprint density at radius 2 is 1.05 bits per heavy atom. The Hall–Kier alpha value is 0.0269. The average Bonchev–Trinajstić information content (AvgIpc) is 2.35. The molecule has 3 nitrogen and oxygen atoms in total. The summed E-state index contributed by atoms with van der Waals surface area (Å²) in [5.74, 6) is 0. The first-order chi connectivity index (χ1) is 8.74. The molecule has 0 aromatic carbocycles. The molecule has 0 aliphatic rings. The van der Waals surface area contributed by atoms with E-state index in [1.165, 1.54) is 32.1 Å². The van der Waals surface area contributed by atoms with E-state index in [9.17, 15) is 0 Å². The highest BCUT2D eigenvalue weighted by atomic mass is 28.4. The third-order valence-electron chi connectivity index (χ3n) is 2.93. The molecule has 0 amide bonds. The lowest BCUT2D eigenvalue weighted by Crippen LogP contribution is -2.45. The molecule has 0 saturated carbocycles. The molecule has 0 heterocycles. The van der Waals surface area contributed by atoms with Crippen molar-refractivity contribution >= 4 is 8.80 Å². The molecule has 0 fully saturated rings. The molecular weight excluding hydrogens is 263 g/mol. The fourth-order valence-electron chi connectivity index (χ4n) is 2.12. The summed E-state index contributed by atoms with van der Waals surface area (Å²) in [5.41, 5.74) is 0.